The number of rotatable bonds is 5. The lowest BCUT2D eigenvalue weighted by Gasteiger charge is -2.14. The van der Waals surface area contributed by atoms with Crippen molar-refractivity contribution in [1.29, 1.82) is 0 Å². The first kappa shape index (κ1) is 18.4. The first-order valence-electron chi connectivity index (χ1n) is 9.31. The zero-order chi connectivity index (χ0) is 20.2. The molecule has 2 aromatic carbocycles. The predicted octanol–water partition coefficient (Wildman–Crippen LogP) is 4.88. The molecule has 6 nitrogen and oxygen atoms in total. The molecule has 4 aromatic rings. The van der Waals surface area contributed by atoms with Gasteiger partial charge in [-0.05, 0) is 50.2 Å². The highest BCUT2D eigenvalue weighted by molar-refractivity contribution is 6.08. The summed E-state index contributed by atoms with van der Waals surface area (Å²) in [5.41, 5.74) is 4.89. The molecule has 0 saturated heterocycles. The monoisotopic (exact) mass is 383 g/mol. The summed E-state index contributed by atoms with van der Waals surface area (Å²) >= 11 is 0. The van der Waals surface area contributed by atoms with Crippen molar-refractivity contribution in [3.63, 3.8) is 0 Å². The van der Waals surface area contributed by atoms with E-state index in [-0.39, 0.29) is 5.91 Å². The van der Waals surface area contributed by atoms with Crippen molar-refractivity contribution in [2.75, 3.05) is 10.6 Å². The molecule has 2 heterocycles. The van der Waals surface area contributed by atoms with Crippen LogP contribution < -0.4 is 10.6 Å². The molecule has 0 unspecified atom stereocenters. The van der Waals surface area contributed by atoms with Crippen LogP contribution in [0.1, 0.15) is 21.6 Å². The summed E-state index contributed by atoms with van der Waals surface area (Å²) in [5.74, 6) is 0.576. The van der Waals surface area contributed by atoms with Gasteiger partial charge in [-0.2, -0.15) is 5.10 Å². The highest BCUT2D eigenvalue weighted by Gasteiger charge is 2.14. The number of amides is 1. The average molecular weight is 383 g/mol. The fourth-order valence-corrected chi connectivity index (χ4v) is 3.03. The fraction of sp³-hybridized carbons (Fsp3) is 0.0870. The van der Waals surface area contributed by atoms with Gasteiger partial charge in [0.2, 0.25) is 0 Å². The molecular formula is C23H21N5O. The first-order valence-corrected chi connectivity index (χ1v) is 9.31. The predicted molar refractivity (Wildman–Crippen MR) is 115 cm³/mol. The average Bonchev–Trinajstić information content (AvgIpc) is 3.09. The SMILES string of the molecule is Cc1ccc(-n2nc(C)cc2Nc2ccccc2C(=O)Nc2cccnc2)cc1. The van der Waals surface area contributed by atoms with E-state index < -0.39 is 0 Å². The van der Waals surface area contributed by atoms with E-state index in [4.69, 9.17) is 0 Å². The Morgan fingerprint density at radius 3 is 2.52 bits per heavy atom. The Kier molecular flexibility index (Phi) is 5.07. The Morgan fingerprint density at radius 1 is 0.966 bits per heavy atom. The summed E-state index contributed by atoms with van der Waals surface area (Å²) in [4.78, 5) is 16.9. The van der Waals surface area contributed by atoms with Crippen LogP contribution in [0.3, 0.4) is 0 Å². The summed E-state index contributed by atoms with van der Waals surface area (Å²) in [6.07, 6.45) is 3.28. The van der Waals surface area contributed by atoms with Gasteiger partial charge >= 0.3 is 0 Å². The van der Waals surface area contributed by atoms with Gasteiger partial charge in [-0.1, -0.05) is 29.8 Å². The molecule has 144 valence electrons. The van der Waals surface area contributed by atoms with E-state index in [0.29, 0.717) is 16.9 Å². The molecule has 0 saturated carbocycles. The number of hydrogen-bond acceptors (Lipinski definition) is 4. The van der Waals surface area contributed by atoms with Gasteiger partial charge in [0.1, 0.15) is 5.82 Å². The molecule has 0 bridgehead atoms. The van der Waals surface area contributed by atoms with Crippen LogP contribution in [0.15, 0.2) is 79.1 Å². The van der Waals surface area contributed by atoms with Crippen molar-refractivity contribution >= 4 is 23.1 Å². The van der Waals surface area contributed by atoms with Crippen LogP contribution >= 0.6 is 0 Å². The Labute approximate surface area is 169 Å². The van der Waals surface area contributed by atoms with E-state index in [9.17, 15) is 4.79 Å². The number of nitrogens with one attached hydrogen (secondary N) is 2. The van der Waals surface area contributed by atoms with Gasteiger partial charge < -0.3 is 10.6 Å². The van der Waals surface area contributed by atoms with Gasteiger partial charge in [-0.3, -0.25) is 9.78 Å². The molecule has 0 aliphatic heterocycles. The maximum absolute atomic E-state index is 12.8. The van der Waals surface area contributed by atoms with Gasteiger partial charge in [-0.15, -0.1) is 0 Å². The van der Waals surface area contributed by atoms with E-state index in [2.05, 4.69) is 20.7 Å². The number of aryl methyl sites for hydroxylation is 2. The zero-order valence-electron chi connectivity index (χ0n) is 16.3. The smallest absolute Gasteiger partial charge is 0.257 e. The molecular weight excluding hydrogens is 362 g/mol. The molecule has 0 aliphatic rings. The number of para-hydroxylation sites is 1. The standard InChI is InChI=1S/C23H21N5O/c1-16-9-11-19(12-10-16)28-22(14-17(2)27-28)26-21-8-4-3-7-20(21)23(29)25-18-6-5-13-24-15-18/h3-15,26H,1-2H3,(H,25,29). The van der Waals surface area contributed by atoms with Crippen molar-refractivity contribution in [2.24, 2.45) is 0 Å². The molecule has 2 N–H and O–H groups in total. The van der Waals surface area contributed by atoms with Crippen molar-refractivity contribution in [1.82, 2.24) is 14.8 Å². The molecule has 0 radical (unpaired) electrons. The third-order valence-corrected chi connectivity index (χ3v) is 4.46. The quantitative estimate of drug-likeness (QED) is 0.515. The number of hydrogen-bond donors (Lipinski definition) is 2. The molecule has 2 aromatic heterocycles. The summed E-state index contributed by atoms with van der Waals surface area (Å²) in [6, 6.07) is 21.1. The molecule has 6 heteroatoms. The number of carbonyl (C=O) groups excluding carboxylic acids is 1. The number of benzene rings is 2. The molecule has 0 fully saturated rings. The number of pyridine rings is 1. The van der Waals surface area contributed by atoms with Crippen molar-refractivity contribution in [3.8, 4) is 5.69 Å². The Bertz CT molecular complexity index is 1130. The maximum Gasteiger partial charge on any atom is 0.257 e. The molecule has 0 aliphatic carbocycles. The second kappa shape index (κ2) is 7.98. The minimum atomic E-state index is -0.209. The van der Waals surface area contributed by atoms with Gasteiger partial charge in [0.25, 0.3) is 5.91 Å². The summed E-state index contributed by atoms with van der Waals surface area (Å²) < 4.78 is 1.84. The third-order valence-electron chi connectivity index (χ3n) is 4.46. The van der Waals surface area contributed by atoms with Gasteiger partial charge in [0, 0.05) is 12.3 Å². The lowest BCUT2D eigenvalue weighted by molar-refractivity contribution is 0.102. The van der Waals surface area contributed by atoms with Crippen molar-refractivity contribution < 1.29 is 4.79 Å². The lowest BCUT2D eigenvalue weighted by atomic mass is 10.1. The number of anilines is 3. The molecule has 4 rings (SSSR count). The minimum absolute atomic E-state index is 0.209. The number of carbonyl (C=O) groups is 1. The topological polar surface area (TPSA) is 71.8 Å². The molecule has 29 heavy (non-hydrogen) atoms. The van der Waals surface area contributed by atoms with Gasteiger partial charge in [-0.25, -0.2) is 4.68 Å². The third kappa shape index (κ3) is 4.16. The zero-order valence-corrected chi connectivity index (χ0v) is 16.3. The first-order chi connectivity index (χ1) is 14.1. The Balaban J connectivity index is 1.64. The van der Waals surface area contributed by atoms with Crippen LogP contribution in [-0.4, -0.2) is 20.7 Å². The Hall–Kier alpha value is -3.93. The van der Waals surface area contributed by atoms with E-state index in [1.54, 1.807) is 30.6 Å². The van der Waals surface area contributed by atoms with Crippen LogP contribution in [0.5, 0.6) is 0 Å². The summed E-state index contributed by atoms with van der Waals surface area (Å²) in [7, 11) is 0. The molecule has 0 spiro atoms. The number of aromatic nitrogens is 3. The van der Waals surface area contributed by atoms with Crippen LogP contribution in [0.2, 0.25) is 0 Å². The van der Waals surface area contributed by atoms with Crippen LogP contribution in [0.4, 0.5) is 17.2 Å². The molecule has 0 atom stereocenters. The highest BCUT2D eigenvalue weighted by Crippen LogP contribution is 2.25. The van der Waals surface area contributed by atoms with Crippen molar-refractivity contribution in [2.45, 2.75) is 13.8 Å². The largest absolute Gasteiger partial charge is 0.339 e. The van der Waals surface area contributed by atoms with Gasteiger partial charge in [0.05, 0.1) is 34.5 Å². The normalized spacial score (nSPS) is 10.6. The Morgan fingerprint density at radius 2 is 1.76 bits per heavy atom. The lowest BCUT2D eigenvalue weighted by Crippen LogP contribution is -2.14. The van der Waals surface area contributed by atoms with Crippen LogP contribution in [0.25, 0.3) is 5.69 Å². The summed E-state index contributed by atoms with van der Waals surface area (Å²) in [5, 5.41) is 10.8. The van der Waals surface area contributed by atoms with E-state index in [0.717, 1.165) is 17.2 Å². The minimum Gasteiger partial charge on any atom is -0.339 e. The van der Waals surface area contributed by atoms with Crippen molar-refractivity contribution in [3.05, 3.63) is 95.9 Å². The van der Waals surface area contributed by atoms with Gasteiger partial charge in [0.15, 0.2) is 0 Å². The second-order valence-electron chi connectivity index (χ2n) is 6.78. The van der Waals surface area contributed by atoms with Crippen LogP contribution in [-0.2, 0) is 0 Å². The van der Waals surface area contributed by atoms with Crippen LogP contribution in [0, 0.1) is 13.8 Å². The van der Waals surface area contributed by atoms with E-state index >= 15 is 0 Å². The maximum atomic E-state index is 12.8. The second-order valence-corrected chi connectivity index (χ2v) is 6.78. The molecule has 1 amide bonds. The highest BCUT2D eigenvalue weighted by atomic mass is 16.1. The fourth-order valence-electron chi connectivity index (χ4n) is 3.03. The van der Waals surface area contributed by atoms with E-state index in [1.165, 1.54) is 5.56 Å². The van der Waals surface area contributed by atoms with E-state index in [1.807, 2.05) is 67.1 Å². The number of nitrogens with zero attached hydrogens (tertiary/aromatic N) is 3. The summed E-state index contributed by atoms with van der Waals surface area (Å²) in [6.45, 7) is 3.99.